The molecule has 2 aliphatic heterocycles. The van der Waals surface area contributed by atoms with Crippen LogP contribution in [0.15, 0.2) is 18.2 Å². The van der Waals surface area contributed by atoms with Crippen molar-refractivity contribution >= 4 is 11.9 Å². The van der Waals surface area contributed by atoms with E-state index in [4.69, 9.17) is 9.47 Å². The largest absolute Gasteiger partial charge is 0.454 e. The van der Waals surface area contributed by atoms with E-state index in [2.05, 4.69) is 10.6 Å². The lowest BCUT2D eigenvalue weighted by Gasteiger charge is -2.33. The van der Waals surface area contributed by atoms with Crippen LogP contribution in [0.4, 0.5) is 4.79 Å². The van der Waals surface area contributed by atoms with E-state index in [1.165, 1.54) is 19.3 Å². The van der Waals surface area contributed by atoms with E-state index < -0.39 is 0 Å². The number of carbonyl (C=O) groups is 2. The van der Waals surface area contributed by atoms with E-state index in [0.29, 0.717) is 24.9 Å². The molecule has 1 aliphatic carbocycles. The van der Waals surface area contributed by atoms with Gasteiger partial charge in [0.2, 0.25) is 12.7 Å². The molecule has 3 aliphatic rings. The van der Waals surface area contributed by atoms with Crippen LogP contribution in [0.5, 0.6) is 11.5 Å². The normalized spacial score (nSPS) is 19.8. The lowest BCUT2D eigenvalue weighted by molar-refractivity contribution is -0.122. The second-order valence-electron chi connectivity index (χ2n) is 8.38. The van der Waals surface area contributed by atoms with Gasteiger partial charge in [0.1, 0.15) is 0 Å². The topological polar surface area (TPSA) is 79.9 Å². The molecule has 2 fully saturated rings. The van der Waals surface area contributed by atoms with Crippen LogP contribution in [0.1, 0.15) is 56.9 Å². The summed E-state index contributed by atoms with van der Waals surface area (Å²) < 4.78 is 10.7. The maximum absolute atomic E-state index is 12.5. The Bertz CT molecular complexity index is 725. The van der Waals surface area contributed by atoms with Crippen molar-refractivity contribution in [1.29, 1.82) is 0 Å². The molecule has 2 heterocycles. The molecule has 3 amide bonds. The van der Waals surface area contributed by atoms with Crippen LogP contribution in [-0.2, 0) is 11.3 Å². The zero-order chi connectivity index (χ0) is 20.1. The number of fused-ring (bicyclic) bond motifs is 1. The highest BCUT2D eigenvalue weighted by molar-refractivity contribution is 5.76. The number of benzene rings is 1. The maximum atomic E-state index is 12.5. The molecular weight excluding hydrogens is 370 g/mol. The highest BCUT2D eigenvalue weighted by atomic mass is 16.7. The van der Waals surface area contributed by atoms with Gasteiger partial charge in [-0.1, -0.05) is 25.3 Å². The first-order chi connectivity index (χ1) is 14.2. The lowest BCUT2D eigenvalue weighted by Crippen LogP contribution is -2.48. The number of hydrogen-bond donors (Lipinski definition) is 2. The first-order valence-corrected chi connectivity index (χ1v) is 10.9. The zero-order valence-corrected chi connectivity index (χ0v) is 17.0. The van der Waals surface area contributed by atoms with Crippen LogP contribution < -0.4 is 20.1 Å². The van der Waals surface area contributed by atoms with Crippen LogP contribution in [0.2, 0.25) is 0 Å². The minimum Gasteiger partial charge on any atom is -0.454 e. The number of nitrogens with zero attached hydrogens (tertiary/aromatic N) is 1. The zero-order valence-electron chi connectivity index (χ0n) is 17.0. The van der Waals surface area contributed by atoms with Gasteiger partial charge in [0, 0.05) is 32.1 Å². The van der Waals surface area contributed by atoms with E-state index >= 15 is 0 Å². The van der Waals surface area contributed by atoms with Gasteiger partial charge < -0.3 is 25.0 Å². The van der Waals surface area contributed by atoms with Gasteiger partial charge in [0.05, 0.1) is 0 Å². The Kier molecular flexibility index (Phi) is 6.42. The molecule has 1 saturated carbocycles. The number of urea groups is 1. The number of carbonyl (C=O) groups excluding carboxylic acids is 2. The van der Waals surface area contributed by atoms with Gasteiger partial charge >= 0.3 is 6.03 Å². The number of piperidine rings is 1. The Hall–Kier alpha value is -2.44. The molecule has 0 radical (unpaired) electrons. The monoisotopic (exact) mass is 401 g/mol. The molecule has 0 aromatic heterocycles. The van der Waals surface area contributed by atoms with Crippen molar-refractivity contribution in [2.24, 2.45) is 5.92 Å². The van der Waals surface area contributed by atoms with Gasteiger partial charge in [-0.15, -0.1) is 0 Å². The van der Waals surface area contributed by atoms with Crippen molar-refractivity contribution in [3.05, 3.63) is 23.8 Å². The van der Waals surface area contributed by atoms with Crippen molar-refractivity contribution in [3.63, 3.8) is 0 Å². The molecule has 2 N–H and O–H groups in total. The van der Waals surface area contributed by atoms with Gasteiger partial charge in [-0.2, -0.15) is 0 Å². The Balaban J connectivity index is 1.15. The highest BCUT2D eigenvalue weighted by Gasteiger charge is 2.26. The van der Waals surface area contributed by atoms with E-state index in [9.17, 15) is 9.59 Å². The summed E-state index contributed by atoms with van der Waals surface area (Å²) >= 11 is 0. The number of amides is 3. The third-order valence-electron chi connectivity index (χ3n) is 6.24. The lowest BCUT2D eigenvalue weighted by atomic mass is 9.93. The molecule has 4 rings (SSSR count). The van der Waals surface area contributed by atoms with Crippen LogP contribution in [0.3, 0.4) is 0 Å². The summed E-state index contributed by atoms with van der Waals surface area (Å²) in [6.07, 6.45) is 8.21. The van der Waals surface area contributed by atoms with Gasteiger partial charge in [-0.25, -0.2) is 4.79 Å². The molecule has 0 unspecified atom stereocenters. The predicted molar refractivity (Wildman–Crippen MR) is 109 cm³/mol. The molecule has 0 spiro atoms. The first kappa shape index (κ1) is 19.9. The molecular formula is C22H31N3O4. The molecule has 7 nitrogen and oxygen atoms in total. The average Bonchev–Trinajstić information content (AvgIpc) is 3.21. The van der Waals surface area contributed by atoms with E-state index in [0.717, 1.165) is 55.8 Å². The van der Waals surface area contributed by atoms with Crippen LogP contribution in [-0.4, -0.2) is 42.8 Å². The number of nitrogens with one attached hydrogen (secondary N) is 2. The van der Waals surface area contributed by atoms with Crippen molar-refractivity contribution in [2.75, 3.05) is 19.9 Å². The minimum atomic E-state index is 0.0628. The number of rotatable bonds is 5. The van der Waals surface area contributed by atoms with Crippen LogP contribution in [0, 0.1) is 5.92 Å². The van der Waals surface area contributed by atoms with Crippen molar-refractivity contribution in [1.82, 2.24) is 15.5 Å². The molecule has 1 saturated heterocycles. The summed E-state index contributed by atoms with van der Waals surface area (Å²) in [6.45, 7) is 2.21. The van der Waals surface area contributed by atoms with Gasteiger partial charge in [-0.05, 0) is 49.3 Å². The van der Waals surface area contributed by atoms with Crippen molar-refractivity contribution in [2.45, 2.75) is 64.0 Å². The Morgan fingerprint density at radius 2 is 1.76 bits per heavy atom. The summed E-state index contributed by atoms with van der Waals surface area (Å²) in [7, 11) is 0. The van der Waals surface area contributed by atoms with E-state index in [1.807, 2.05) is 23.1 Å². The average molecular weight is 402 g/mol. The highest BCUT2D eigenvalue weighted by Crippen LogP contribution is 2.32. The molecule has 7 heteroatoms. The Morgan fingerprint density at radius 1 is 1.00 bits per heavy atom. The molecule has 158 valence electrons. The van der Waals surface area contributed by atoms with E-state index in [-0.39, 0.29) is 18.7 Å². The summed E-state index contributed by atoms with van der Waals surface area (Å²) in [5.74, 6) is 1.88. The smallest absolute Gasteiger partial charge is 0.317 e. The number of likely N-dealkylation sites (tertiary alicyclic amines) is 1. The van der Waals surface area contributed by atoms with Crippen molar-refractivity contribution < 1.29 is 19.1 Å². The first-order valence-electron chi connectivity index (χ1n) is 10.9. The van der Waals surface area contributed by atoms with Gasteiger partial charge in [-0.3, -0.25) is 4.79 Å². The van der Waals surface area contributed by atoms with Crippen molar-refractivity contribution in [3.8, 4) is 11.5 Å². The quantitative estimate of drug-likeness (QED) is 0.794. The fourth-order valence-corrected chi connectivity index (χ4v) is 4.44. The Morgan fingerprint density at radius 3 is 2.55 bits per heavy atom. The predicted octanol–water partition coefficient (Wildman–Crippen LogP) is 3.18. The van der Waals surface area contributed by atoms with Gasteiger partial charge in [0.25, 0.3) is 0 Å². The second kappa shape index (κ2) is 9.37. The fraction of sp³-hybridized carbons (Fsp3) is 0.636. The standard InChI is InChI=1S/C22H31N3O4/c26-21(23-14-17-6-7-19-20(12-17)29-15-28-19)13-16-8-10-25(11-9-16)22(27)24-18-4-2-1-3-5-18/h6-7,12,16,18H,1-5,8-11,13-15H2,(H,23,26)(H,24,27). The fourth-order valence-electron chi connectivity index (χ4n) is 4.44. The SMILES string of the molecule is O=C(CC1CCN(C(=O)NC2CCCCC2)CC1)NCc1ccc2c(c1)OCO2. The molecule has 29 heavy (non-hydrogen) atoms. The summed E-state index contributed by atoms with van der Waals surface area (Å²) in [5.41, 5.74) is 0.997. The van der Waals surface area contributed by atoms with Gasteiger partial charge in [0.15, 0.2) is 11.5 Å². The molecule has 0 bridgehead atoms. The number of ether oxygens (including phenoxy) is 2. The molecule has 1 aromatic rings. The van der Waals surface area contributed by atoms with Crippen LogP contribution >= 0.6 is 0 Å². The summed E-state index contributed by atoms with van der Waals surface area (Å²) in [4.78, 5) is 26.7. The molecule has 0 atom stereocenters. The maximum Gasteiger partial charge on any atom is 0.317 e. The summed E-state index contributed by atoms with van der Waals surface area (Å²) in [6, 6.07) is 6.14. The van der Waals surface area contributed by atoms with E-state index in [1.54, 1.807) is 0 Å². The third kappa shape index (κ3) is 5.34. The van der Waals surface area contributed by atoms with Crippen LogP contribution in [0.25, 0.3) is 0 Å². The second-order valence-corrected chi connectivity index (χ2v) is 8.38. The molecule has 1 aromatic carbocycles. The Labute approximate surface area is 172 Å². The summed E-state index contributed by atoms with van der Waals surface area (Å²) in [5, 5.41) is 6.19. The number of hydrogen-bond acceptors (Lipinski definition) is 4. The third-order valence-corrected chi connectivity index (χ3v) is 6.24. The minimum absolute atomic E-state index is 0.0628.